The zero-order valence-corrected chi connectivity index (χ0v) is 10.2. The number of Topliss-reactive ketones (excluding diaryl/α,β-unsaturated/α-hetero) is 1. The summed E-state index contributed by atoms with van der Waals surface area (Å²) in [6.07, 6.45) is -0.106. The first kappa shape index (κ1) is 14.2. The number of nitrogens with zero attached hydrogens (tertiary/aromatic N) is 1. The molecule has 1 atom stereocenters. The molecule has 15 heavy (non-hydrogen) atoms. The van der Waals surface area contributed by atoms with Gasteiger partial charge in [-0.25, -0.2) is 4.79 Å². The van der Waals surface area contributed by atoms with Crippen molar-refractivity contribution in [1.29, 1.82) is 0 Å². The van der Waals surface area contributed by atoms with Crippen LogP contribution < -0.4 is 0 Å². The van der Waals surface area contributed by atoms with Crippen LogP contribution in [0.3, 0.4) is 0 Å². The second-order valence-corrected chi connectivity index (χ2v) is 3.48. The number of rotatable bonds is 6. The minimum Gasteiger partial charge on any atom is -0.450 e. The van der Waals surface area contributed by atoms with Crippen molar-refractivity contribution in [3.63, 3.8) is 0 Å². The van der Waals surface area contributed by atoms with E-state index >= 15 is 0 Å². The molecule has 0 radical (unpaired) electrons. The molecule has 4 nitrogen and oxygen atoms in total. The van der Waals surface area contributed by atoms with Gasteiger partial charge in [0.15, 0.2) is 0 Å². The van der Waals surface area contributed by atoms with Crippen LogP contribution in [-0.2, 0) is 9.53 Å². The van der Waals surface area contributed by atoms with Crippen molar-refractivity contribution >= 4 is 23.5 Å². The van der Waals surface area contributed by atoms with E-state index < -0.39 is 0 Å². The predicted octanol–water partition coefficient (Wildman–Crippen LogP) is 2.05. The zero-order chi connectivity index (χ0) is 11.8. The molecular weight excluding hydrogens is 218 g/mol. The Morgan fingerprint density at radius 3 is 2.40 bits per heavy atom. The molecule has 5 heteroatoms. The molecule has 0 heterocycles. The molecule has 0 saturated heterocycles. The molecular formula is C10H18ClNO3. The first-order valence-corrected chi connectivity index (χ1v) is 5.61. The highest BCUT2D eigenvalue weighted by Crippen LogP contribution is 2.07. The normalized spacial score (nSPS) is 12.0. The molecule has 0 bridgehead atoms. The third kappa shape index (κ3) is 5.02. The minimum absolute atomic E-state index is 0.00921. The van der Waals surface area contributed by atoms with Crippen LogP contribution in [0.2, 0.25) is 0 Å². The van der Waals surface area contributed by atoms with E-state index in [-0.39, 0.29) is 30.2 Å². The number of alkyl halides is 1. The molecule has 0 N–H and O–H groups in total. The highest BCUT2D eigenvalue weighted by atomic mass is 35.5. The van der Waals surface area contributed by atoms with E-state index in [0.717, 1.165) is 0 Å². The fourth-order valence-corrected chi connectivity index (χ4v) is 1.43. The van der Waals surface area contributed by atoms with E-state index in [1.807, 2.05) is 13.8 Å². The molecule has 0 aliphatic heterocycles. The smallest absolute Gasteiger partial charge is 0.409 e. The maximum Gasteiger partial charge on any atom is 0.409 e. The van der Waals surface area contributed by atoms with Gasteiger partial charge in [-0.05, 0) is 20.8 Å². The Morgan fingerprint density at radius 1 is 1.40 bits per heavy atom. The summed E-state index contributed by atoms with van der Waals surface area (Å²) in [6, 6.07) is -0.166. The number of ether oxygens (including phenoxy) is 1. The molecule has 88 valence electrons. The van der Waals surface area contributed by atoms with Crippen molar-refractivity contribution in [3.8, 4) is 0 Å². The van der Waals surface area contributed by atoms with Gasteiger partial charge in [-0.15, -0.1) is 11.6 Å². The topological polar surface area (TPSA) is 46.6 Å². The number of carbonyl (C=O) groups excluding carboxylic acids is 2. The van der Waals surface area contributed by atoms with Crippen molar-refractivity contribution < 1.29 is 14.3 Å². The fourth-order valence-electron chi connectivity index (χ4n) is 1.32. The first-order chi connectivity index (χ1) is 7.06. The van der Waals surface area contributed by atoms with Crippen LogP contribution >= 0.6 is 11.6 Å². The van der Waals surface area contributed by atoms with Gasteiger partial charge in [-0.1, -0.05) is 0 Å². The minimum atomic E-state index is -0.380. The molecule has 0 aromatic heterocycles. The van der Waals surface area contributed by atoms with E-state index in [2.05, 4.69) is 0 Å². The van der Waals surface area contributed by atoms with Gasteiger partial charge in [0.1, 0.15) is 5.78 Å². The number of hydrogen-bond donors (Lipinski definition) is 0. The van der Waals surface area contributed by atoms with Gasteiger partial charge in [0.25, 0.3) is 0 Å². The Labute approximate surface area is 95.5 Å². The molecule has 0 aliphatic carbocycles. The van der Waals surface area contributed by atoms with Crippen molar-refractivity contribution in [1.82, 2.24) is 4.90 Å². The standard InChI is InChI=1S/C10H18ClNO3/c1-4-12(10(14)15-5-2)8(3)6-9(13)7-11/h8H,4-7H2,1-3H3. The summed E-state index contributed by atoms with van der Waals surface area (Å²) < 4.78 is 4.87. The van der Waals surface area contributed by atoms with Gasteiger partial charge in [-0.3, -0.25) is 4.79 Å². The lowest BCUT2D eigenvalue weighted by Crippen LogP contribution is -2.40. The van der Waals surface area contributed by atoms with Crippen molar-refractivity contribution in [2.75, 3.05) is 19.0 Å². The number of carbonyl (C=O) groups is 2. The van der Waals surface area contributed by atoms with Gasteiger partial charge in [0, 0.05) is 19.0 Å². The Morgan fingerprint density at radius 2 is 2.00 bits per heavy atom. The molecule has 1 unspecified atom stereocenters. The second-order valence-electron chi connectivity index (χ2n) is 3.21. The molecule has 0 spiro atoms. The van der Waals surface area contributed by atoms with Crippen LogP contribution in [-0.4, -0.2) is 41.8 Å². The summed E-state index contributed by atoms with van der Waals surface area (Å²) in [5.74, 6) is -0.0722. The van der Waals surface area contributed by atoms with E-state index in [4.69, 9.17) is 16.3 Å². The van der Waals surface area contributed by atoms with Crippen LogP contribution in [0.4, 0.5) is 4.79 Å². The molecule has 0 saturated carbocycles. The van der Waals surface area contributed by atoms with Gasteiger partial charge in [0.05, 0.1) is 12.5 Å². The Balaban J connectivity index is 4.26. The molecule has 0 aliphatic rings. The summed E-state index contributed by atoms with van der Waals surface area (Å²) in [7, 11) is 0. The Kier molecular flexibility index (Phi) is 7.13. The molecule has 0 aromatic rings. The van der Waals surface area contributed by atoms with E-state index in [9.17, 15) is 9.59 Å². The summed E-state index contributed by atoms with van der Waals surface area (Å²) in [6.45, 7) is 6.27. The van der Waals surface area contributed by atoms with Crippen molar-refractivity contribution in [2.45, 2.75) is 33.2 Å². The second kappa shape index (κ2) is 7.51. The van der Waals surface area contributed by atoms with Crippen LogP contribution in [0.5, 0.6) is 0 Å². The average molecular weight is 236 g/mol. The summed E-state index contributed by atoms with van der Waals surface area (Å²) >= 11 is 5.40. The maximum absolute atomic E-state index is 11.4. The Bertz CT molecular complexity index is 221. The fraction of sp³-hybridized carbons (Fsp3) is 0.800. The SMILES string of the molecule is CCOC(=O)N(CC)C(C)CC(=O)CCl. The highest BCUT2D eigenvalue weighted by molar-refractivity contribution is 6.27. The summed E-state index contributed by atoms with van der Waals surface area (Å²) in [4.78, 5) is 24.1. The lowest BCUT2D eigenvalue weighted by Gasteiger charge is -2.26. The lowest BCUT2D eigenvalue weighted by atomic mass is 10.1. The molecule has 1 amide bonds. The van der Waals surface area contributed by atoms with Crippen molar-refractivity contribution in [2.24, 2.45) is 0 Å². The van der Waals surface area contributed by atoms with Gasteiger partial charge < -0.3 is 9.64 Å². The largest absolute Gasteiger partial charge is 0.450 e. The number of hydrogen-bond acceptors (Lipinski definition) is 3. The van der Waals surface area contributed by atoms with Crippen molar-refractivity contribution in [3.05, 3.63) is 0 Å². The highest BCUT2D eigenvalue weighted by Gasteiger charge is 2.21. The maximum atomic E-state index is 11.4. The van der Waals surface area contributed by atoms with E-state index in [0.29, 0.717) is 13.2 Å². The zero-order valence-electron chi connectivity index (χ0n) is 9.46. The Hall–Kier alpha value is -0.770. The summed E-state index contributed by atoms with van der Waals surface area (Å²) in [5.41, 5.74) is 0. The number of halogens is 1. The summed E-state index contributed by atoms with van der Waals surface area (Å²) in [5, 5.41) is 0. The lowest BCUT2D eigenvalue weighted by molar-refractivity contribution is -0.117. The monoisotopic (exact) mass is 235 g/mol. The third-order valence-corrected chi connectivity index (χ3v) is 2.35. The third-order valence-electron chi connectivity index (χ3n) is 2.05. The van der Waals surface area contributed by atoms with Crippen LogP contribution in [0.25, 0.3) is 0 Å². The van der Waals surface area contributed by atoms with E-state index in [1.54, 1.807) is 6.92 Å². The molecule has 0 aromatic carbocycles. The molecule has 0 rings (SSSR count). The first-order valence-electron chi connectivity index (χ1n) is 5.07. The number of amides is 1. The van der Waals surface area contributed by atoms with Gasteiger partial charge in [-0.2, -0.15) is 0 Å². The van der Waals surface area contributed by atoms with E-state index in [1.165, 1.54) is 4.90 Å². The van der Waals surface area contributed by atoms with Gasteiger partial charge in [0.2, 0.25) is 0 Å². The quantitative estimate of drug-likeness (QED) is 0.662. The van der Waals surface area contributed by atoms with Crippen LogP contribution in [0, 0.1) is 0 Å². The average Bonchev–Trinajstić information content (AvgIpc) is 2.19. The van der Waals surface area contributed by atoms with Crippen LogP contribution in [0.1, 0.15) is 27.2 Å². The van der Waals surface area contributed by atoms with Crippen LogP contribution in [0.15, 0.2) is 0 Å². The predicted molar refractivity (Wildman–Crippen MR) is 59.2 cm³/mol. The molecule has 0 fully saturated rings. The van der Waals surface area contributed by atoms with Gasteiger partial charge >= 0.3 is 6.09 Å². The number of ketones is 1.